The van der Waals surface area contributed by atoms with Crippen LogP contribution >= 0.6 is 0 Å². The Morgan fingerprint density at radius 3 is 2.56 bits per heavy atom. The number of carbonyl (C=O) groups excluding carboxylic acids is 1. The van der Waals surface area contributed by atoms with E-state index in [1.165, 1.54) is 13.2 Å². The van der Waals surface area contributed by atoms with Gasteiger partial charge < -0.3 is 14.9 Å². The first-order valence-corrected chi connectivity index (χ1v) is 6.23. The lowest BCUT2D eigenvalue weighted by atomic mass is 10.0. The van der Waals surface area contributed by atoms with Crippen LogP contribution in [0.5, 0.6) is 17.2 Å². The topological polar surface area (TPSA) is 66.8 Å². The number of Topliss-reactive ketones (excluding diaryl/α,β-unsaturated/α-hetero) is 1. The molecule has 1 aromatic carbocycles. The Balaban J connectivity index is 2.78. The molecule has 100 valence electrons. The molecule has 0 amide bonds. The number of unbranched alkanes of at least 4 members (excludes halogenated alkanes) is 3. The van der Waals surface area contributed by atoms with Gasteiger partial charge in [0.15, 0.2) is 5.78 Å². The van der Waals surface area contributed by atoms with Crippen molar-refractivity contribution < 1.29 is 19.7 Å². The number of carbonyl (C=O) groups is 1. The molecule has 0 radical (unpaired) electrons. The lowest BCUT2D eigenvalue weighted by Gasteiger charge is -2.10. The first kappa shape index (κ1) is 14.4. The maximum Gasteiger partial charge on any atom is 0.170 e. The number of hydrogen-bond donors (Lipinski definition) is 2. The largest absolute Gasteiger partial charge is 0.508 e. The van der Waals surface area contributed by atoms with Crippen LogP contribution in [0.4, 0.5) is 0 Å². The monoisotopic (exact) mass is 252 g/mol. The third-order valence-electron chi connectivity index (χ3n) is 2.82. The molecular formula is C14H20O4. The smallest absolute Gasteiger partial charge is 0.170 e. The molecule has 0 heterocycles. The number of benzene rings is 1. The van der Waals surface area contributed by atoms with Gasteiger partial charge in [-0.2, -0.15) is 0 Å². The molecule has 0 aliphatic heterocycles. The summed E-state index contributed by atoms with van der Waals surface area (Å²) in [5.41, 5.74) is 0.159. The van der Waals surface area contributed by atoms with Crippen molar-refractivity contribution >= 4 is 5.78 Å². The van der Waals surface area contributed by atoms with E-state index in [9.17, 15) is 15.0 Å². The molecule has 0 bridgehead atoms. The summed E-state index contributed by atoms with van der Waals surface area (Å²) >= 11 is 0. The number of phenols is 2. The van der Waals surface area contributed by atoms with Crippen LogP contribution in [-0.4, -0.2) is 23.1 Å². The Labute approximate surface area is 107 Å². The molecule has 1 aromatic rings. The van der Waals surface area contributed by atoms with E-state index < -0.39 is 0 Å². The number of ether oxygens (including phenoxy) is 1. The average Bonchev–Trinajstić information content (AvgIpc) is 2.33. The predicted octanol–water partition coefficient (Wildman–Crippen LogP) is 3.26. The molecule has 0 spiro atoms. The van der Waals surface area contributed by atoms with Crippen molar-refractivity contribution in [1.29, 1.82) is 0 Å². The van der Waals surface area contributed by atoms with Gasteiger partial charge in [-0.25, -0.2) is 0 Å². The summed E-state index contributed by atoms with van der Waals surface area (Å²) in [6.07, 6.45) is 4.40. The number of rotatable bonds is 7. The Kier molecular flexibility index (Phi) is 5.49. The van der Waals surface area contributed by atoms with Crippen LogP contribution in [0.3, 0.4) is 0 Å². The molecule has 2 N–H and O–H groups in total. The van der Waals surface area contributed by atoms with Gasteiger partial charge in [-0.05, 0) is 6.42 Å². The van der Waals surface area contributed by atoms with Gasteiger partial charge in [-0.15, -0.1) is 0 Å². The molecule has 0 aliphatic rings. The van der Waals surface area contributed by atoms with Gasteiger partial charge in [0.25, 0.3) is 0 Å². The second-order valence-electron chi connectivity index (χ2n) is 4.28. The summed E-state index contributed by atoms with van der Waals surface area (Å²) in [6, 6.07) is 2.49. The lowest BCUT2D eigenvalue weighted by Crippen LogP contribution is -2.02. The highest BCUT2D eigenvalue weighted by Crippen LogP contribution is 2.33. The Morgan fingerprint density at radius 1 is 1.22 bits per heavy atom. The van der Waals surface area contributed by atoms with Crippen molar-refractivity contribution in [2.75, 3.05) is 7.11 Å². The third-order valence-corrected chi connectivity index (χ3v) is 2.82. The van der Waals surface area contributed by atoms with E-state index in [4.69, 9.17) is 4.74 Å². The fourth-order valence-corrected chi connectivity index (χ4v) is 1.87. The Morgan fingerprint density at radius 2 is 1.94 bits per heavy atom. The molecule has 1 rings (SSSR count). The van der Waals surface area contributed by atoms with E-state index in [2.05, 4.69) is 6.92 Å². The van der Waals surface area contributed by atoms with Crippen molar-refractivity contribution in [2.45, 2.75) is 39.0 Å². The summed E-state index contributed by atoms with van der Waals surface area (Å²) in [6.45, 7) is 2.11. The Bertz CT molecular complexity index is 413. The van der Waals surface area contributed by atoms with Gasteiger partial charge in [0.2, 0.25) is 0 Å². The molecule has 0 aliphatic carbocycles. The second kappa shape index (κ2) is 6.89. The quantitative estimate of drug-likeness (QED) is 0.577. The molecule has 4 nitrogen and oxygen atoms in total. The summed E-state index contributed by atoms with van der Waals surface area (Å²) in [5.74, 6) is -0.285. The van der Waals surface area contributed by atoms with Crippen LogP contribution in [0.25, 0.3) is 0 Å². The fraction of sp³-hybridized carbons (Fsp3) is 0.500. The first-order valence-electron chi connectivity index (χ1n) is 6.23. The van der Waals surface area contributed by atoms with Crippen LogP contribution < -0.4 is 4.74 Å². The van der Waals surface area contributed by atoms with Gasteiger partial charge >= 0.3 is 0 Å². The van der Waals surface area contributed by atoms with Crippen molar-refractivity contribution in [2.24, 2.45) is 0 Å². The summed E-state index contributed by atoms with van der Waals surface area (Å²) < 4.78 is 5.01. The molecule has 4 heteroatoms. The lowest BCUT2D eigenvalue weighted by molar-refractivity contribution is 0.0973. The van der Waals surface area contributed by atoms with E-state index in [0.717, 1.165) is 31.7 Å². The minimum atomic E-state index is -0.229. The van der Waals surface area contributed by atoms with E-state index >= 15 is 0 Å². The number of hydrogen-bond acceptors (Lipinski definition) is 4. The van der Waals surface area contributed by atoms with E-state index in [1.807, 2.05) is 0 Å². The van der Waals surface area contributed by atoms with Crippen molar-refractivity contribution in [3.05, 3.63) is 17.7 Å². The molecule has 0 atom stereocenters. The third kappa shape index (κ3) is 3.65. The van der Waals surface area contributed by atoms with Gasteiger partial charge in [-0.3, -0.25) is 4.79 Å². The van der Waals surface area contributed by atoms with Crippen LogP contribution in [0, 0.1) is 0 Å². The molecular weight excluding hydrogens is 232 g/mol. The van der Waals surface area contributed by atoms with Gasteiger partial charge in [0.1, 0.15) is 22.8 Å². The van der Waals surface area contributed by atoms with Gasteiger partial charge in [0, 0.05) is 18.6 Å². The minimum Gasteiger partial charge on any atom is -0.508 e. The number of aromatic hydroxyl groups is 2. The number of phenolic OH excluding ortho intramolecular Hbond substituents is 2. The zero-order valence-electron chi connectivity index (χ0n) is 10.9. The summed E-state index contributed by atoms with van der Waals surface area (Å²) in [4.78, 5) is 12.0. The van der Waals surface area contributed by atoms with Crippen molar-refractivity contribution in [3.63, 3.8) is 0 Å². The summed E-state index contributed by atoms with van der Waals surface area (Å²) in [5, 5.41) is 19.0. The van der Waals surface area contributed by atoms with E-state index in [-0.39, 0.29) is 28.6 Å². The van der Waals surface area contributed by atoms with E-state index in [1.54, 1.807) is 0 Å². The normalized spacial score (nSPS) is 10.3. The van der Waals surface area contributed by atoms with Crippen LogP contribution in [-0.2, 0) is 0 Å². The van der Waals surface area contributed by atoms with Gasteiger partial charge in [0.05, 0.1) is 7.11 Å². The average molecular weight is 252 g/mol. The molecule has 18 heavy (non-hydrogen) atoms. The van der Waals surface area contributed by atoms with Crippen LogP contribution in [0.2, 0.25) is 0 Å². The number of methoxy groups -OCH3 is 1. The molecule has 0 saturated heterocycles. The zero-order chi connectivity index (χ0) is 13.5. The maximum atomic E-state index is 12.0. The van der Waals surface area contributed by atoms with Crippen LogP contribution in [0.15, 0.2) is 12.1 Å². The Hall–Kier alpha value is -1.71. The second-order valence-corrected chi connectivity index (χ2v) is 4.28. The highest BCUT2D eigenvalue weighted by atomic mass is 16.5. The standard InChI is InChI=1S/C14H20O4/c1-3-4-5-6-7-11(16)14-12(17)8-10(15)9-13(14)18-2/h8-9,15,17H,3-7H2,1-2H3. The van der Waals surface area contributed by atoms with E-state index in [0.29, 0.717) is 6.42 Å². The molecule has 0 aromatic heterocycles. The van der Waals surface area contributed by atoms with Crippen molar-refractivity contribution in [1.82, 2.24) is 0 Å². The summed E-state index contributed by atoms with van der Waals surface area (Å²) in [7, 11) is 1.40. The SMILES string of the molecule is CCCCCCC(=O)c1c(O)cc(O)cc1OC. The number of ketones is 1. The van der Waals surface area contributed by atoms with Crippen molar-refractivity contribution in [3.8, 4) is 17.2 Å². The minimum absolute atomic E-state index is 0.119. The van der Waals surface area contributed by atoms with Gasteiger partial charge in [-0.1, -0.05) is 26.2 Å². The molecule has 0 fully saturated rings. The molecule has 0 saturated carbocycles. The highest BCUT2D eigenvalue weighted by Gasteiger charge is 2.18. The fourth-order valence-electron chi connectivity index (χ4n) is 1.87. The highest BCUT2D eigenvalue weighted by molar-refractivity contribution is 6.01. The molecule has 0 unspecified atom stereocenters. The maximum absolute atomic E-state index is 12.0. The zero-order valence-corrected chi connectivity index (χ0v) is 10.9. The van der Waals surface area contributed by atoms with Crippen LogP contribution in [0.1, 0.15) is 49.4 Å². The predicted molar refractivity (Wildman–Crippen MR) is 69.4 cm³/mol. The first-order chi connectivity index (χ1) is 8.60.